The molecule has 1 aromatic carbocycles. The lowest BCUT2D eigenvalue weighted by Gasteiger charge is -2.34. The zero-order valence-corrected chi connectivity index (χ0v) is 19.8. The molecule has 3 heterocycles. The molecule has 0 unspecified atom stereocenters. The van der Waals surface area contributed by atoms with E-state index >= 15 is 0 Å². The molecule has 0 amide bonds. The Morgan fingerprint density at radius 2 is 1.92 bits per heavy atom. The number of sulfonamides is 1. The van der Waals surface area contributed by atoms with E-state index in [1.165, 1.54) is 29.3 Å². The van der Waals surface area contributed by atoms with Crippen LogP contribution in [0.5, 0.6) is 0 Å². The number of carbonyl (C=O) groups is 1. The number of nitrogens with one attached hydrogen (secondary N) is 2. The predicted octanol–water partition coefficient (Wildman–Crippen LogP) is 3.13. The van der Waals surface area contributed by atoms with Crippen molar-refractivity contribution >= 4 is 27.6 Å². The Kier molecular flexibility index (Phi) is 6.87. The second-order valence-corrected chi connectivity index (χ2v) is 9.82. The van der Waals surface area contributed by atoms with Gasteiger partial charge in [0.05, 0.1) is 10.5 Å². The molecule has 9 nitrogen and oxygen atoms in total. The van der Waals surface area contributed by atoms with Crippen LogP contribution >= 0.6 is 0 Å². The maximum Gasteiger partial charge on any atom is 0.418 e. The number of aryl methyl sites for hydroxylation is 1. The van der Waals surface area contributed by atoms with Crippen LogP contribution in [0, 0.1) is 6.92 Å². The van der Waals surface area contributed by atoms with Crippen molar-refractivity contribution < 1.29 is 31.5 Å². The minimum Gasteiger partial charge on any atom is -0.480 e. The van der Waals surface area contributed by atoms with Gasteiger partial charge in [-0.25, -0.2) is 23.2 Å². The fourth-order valence-electron chi connectivity index (χ4n) is 3.95. The molecule has 3 aromatic rings. The molecule has 0 radical (unpaired) electrons. The molecule has 0 aliphatic carbocycles. The van der Waals surface area contributed by atoms with Gasteiger partial charge in [-0.15, -0.1) is 0 Å². The lowest BCUT2D eigenvalue weighted by Crippen LogP contribution is -2.55. The van der Waals surface area contributed by atoms with E-state index in [2.05, 4.69) is 20.0 Å². The third-order valence-corrected chi connectivity index (χ3v) is 7.09. The lowest BCUT2D eigenvalue weighted by molar-refractivity contribution is -0.139. The van der Waals surface area contributed by atoms with Crippen LogP contribution in [0.25, 0.3) is 11.1 Å². The lowest BCUT2D eigenvalue weighted by atomic mass is 9.97. The quantitative estimate of drug-likeness (QED) is 0.452. The van der Waals surface area contributed by atoms with Gasteiger partial charge in [-0.05, 0) is 35.7 Å². The molecule has 1 aliphatic heterocycles. The zero-order valence-electron chi connectivity index (χ0n) is 19.0. The topological polar surface area (TPSA) is 125 Å². The third kappa shape index (κ3) is 5.26. The average molecular weight is 522 g/mol. The highest BCUT2D eigenvalue weighted by molar-refractivity contribution is 7.92. The van der Waals surface area contributed by atoms with E-state index in [0.29, 0.717) is 24.8 Å². The van der Waals surface area contributed by atoms with E-state index in [4.69, 9.17) is 0 Å². The van der Waals surface area contributed by atoms with Crippen LogP contribution in [0.1, 0.15) is 11.1 Å². The number of aliphatic carboxylic acids is 1. The van der Waals surface area contributed by atoms with Gasteiger partial charge in [0.25, 0.3) is 10.0 Å². The van der Waals surface area contributed by atoms with Crippen molar-refractivity contribution in [3.05, 3.63) is 66.0 Å². The van der Waals surface area contributed by atoms with Crippen molar-refractivity contribution in [1.82, 2.24) is 15.3 Å². The van der Waals surface area contributed by atoms with Gasteiger partial charge in [-0.3, -0.25) is 4.72 Å². The Hall–Kier alpha value is -3.71. The number of hydrogen-bond donors (Lipinski definition) is 3. The van der Waals surface area contributed by atoms with Crippen LogP contribution in [0.2, 0.25) is 0 Å². The minimum atomic E-state index is -4.70. The van der Waals surface area contributed by atoms with E-state index < -0.39 is 33.8 Å². The average Bonchev–Trinajstić information content (AvgIpc) is 2.83. The van der Waals surface area contributed by atoms with Gasteiger partial charge < -0.3 is 15.3 Å². The number of anilines is 2. The van der Waals surface area contributed by atoms with Gasteiger partial charge in [0.15, 0.2) is 0 Å². The fraction of sp³-hybridized carbons (Fsp3) is 0.261. The van der Waals surface area contributed by atoms with Crippen LogP contribution in [-0.2, 0) is 21.0 Å². The summed E-state index contributed by atoms with van der Waals surface area (Å²) < 4.78 is 69.4. The highest BCUT2D eigenvalue weighted by Gasteiger charge is 2.35. The molecule has 1 fully saturated rings. The summed E-state index contributed by atoms with van der Waals surface area (Å²) in [4.78, 5) is 20.7. The van der Waals surface area contributed by atoms with Gasteiger partial charge >= 0.3 is 12.1 Å². The molecule has 13 heteroatoms. The number of benzene rings is 1. The number of hydrogen-bond acceptors (Lipinski definition) is 7. The second-order valence-electron chi connectivity index (χ2n) is 8.13. The summed E-state index contributed by atoms with van der Waals surface area (Å²) in [5.74, 6) is -1.24. The maximum absolute atomic E-state index is 13.7. The molecule has 0 spiro atoms. The summed E-state index contributed by atoms with van der Waals surface area (Å²) in [6.45, 7) is 2.58. The van der Waals surface area contributed by atoms with E-state index in [1.54, 1.807) is 25.1 Å². The first kappa shape index (κ1) is 25.4. The second kappa shape index (κ2) is 9.74. The molecule has 3 N–H and O–H groups in total. The first-order chi connectivity index (χ1) is 17.0. The van der Waals surface area contributed by atoms with Crippen molar-refractivity contribution in [2.45, 2.75) is 24.0 Å². The highest BCUT2D eigenvalue weighted by atomic mass is 32.2. The molecule has 36 heavy (non-hydrogen) atoms. The molecular weight excluding hydrogens is 499 g/mol. The monoisotopic (exact) mass is 521 g/mol. The first-order valence-corrected chi connectivity index (χ1v) is 12.3. The zero-order chi connectivity index (χ0) is 26.1. The Morgan fingerprint density at radius 3 is 2.61 bits per heavy atom. The third-order valence-electron chi connectivity index (χ3n) is 5.73. The number of halogens is 3. The van der Waals surface area contributed by atoms with Crippen molar-refractivity contribution in [2.24, 2.45) is 0 Å². The fourth-order valence-corrected chi connectivity index (χ4v) is 4.96. The van der Waals surface area contributed by atoms with Gasteiger partial charge in [-0.2, -0.15) is 13.2 Å². The van der Waals surface area contributed by atoms with Crippen LogP contribution in [0.4, 0.5) is 24.8 Å². The van der Waals surface area contributed by atoms with E-state index in [1.807, 2.05) is 0 Å². The Bertz CT molecular complexity index is 1400. The van der Waals surface area contributed by atoms with Gasteiger partial charge in [0.2, 0.25) is 0 Å². The molecule has 190 valence electrons. The van der Waals surface area contributed by atoms with Gasteiger partial charge in [-0.1, -0.05) is 24.3 Å². The summed E-state index contributed by atoms with van der Waals surface area (Å²) in [6, 6.07) is 8.97. The summed E-state index contributed by atoms with van der Waals surface area (Å²) in [6.07, 6.45) is -2.88. The summed E-state index contributed by atoms with van der Waals surface area (Å²) >= 11 is 0. The Morgan fingerprint density at radius 1 is 1.17 bits per heavy atom. The summed E-state index contributed by atoms with van der Waals surface area (Å²) in [5, 5.41) is 12.4. The van der Waals surface area contributed by atoms with E-state index in [9.17, 15) is 31.5 Å². The summed E-state index contributed by atoms with van der Waals surface area (Å²) in [5.41, 5.74) is -0.346. The molecule has 2 aromatic heterocycles. The molecule has 1 saturated heterocycles. The largest absolute Gasteiger partial charge is 0.480 e. The number of carboxylic acid groups (broad SMARTS) is 1. The molecule has 0 bridgehead atoms. The van der Waals surface area contributed by atoms with Crippen LogP contribution in [-0.4, -0.2) is 55.1 Å². The predicted molar refractivity (Wildman–Crippen MR) is 126 cm³/mol. The number of alkyl halides is 3. The molecule has 1 aliphatic rings. The van der Waals surface area contributed by atoms with Crippen LogP contribution < -0.4 is 14.9 Å². The van der Waals surface area contributed by atoms with Crippen molar-refractivity contribution in [3.8, 4) is 11.1 Å². The Balaban J connectivity index is 1.69. The van der Waals surface area contributed by atoms with Crippen molar-refractivity contribution in [1.29, 1.82) is 0 Å². The maximum atomic E-state index is 13.7. The first-order valence-electron chi connectivity index (χ1n) is 10.8. The molecule has 4 rings (SSSR count). The number of piperazine rings is 1. The normalized spacial score (nSPS) is 16.6. The van der Waals surface area contributed by atoms with Crippen molar-refractivity contribution in [3.63, 3.8) is 0 Å². The van der Waals surface area contributed by atoms with E-state index in [-0.39, 0.29) is 34.2 Å². The number of aromatic nitrogens is 2. The Labute approximate surface area is 205 Å². The number of pyridine rings is 2. The minimum absolute atomic E-state index is 0.146. The summed E-state index contributed by atoms with van der Waals surface area (Å²) in [7, 11) is -4.29. The standard InChI is InChI=1S/C23H22F3N5O4S/c1-14-4-2-3-5-16(14)17-11-20(29-12-18(17)23(24,25)26)30-36(34,35)15-6-7-28-21(10-15)31-9-8-27-13-19(31)22(32)33/h2-7,10-12,19,27H,8-9,13H2,1H3,(H,29,30)(H,32,33)/t19-/m0/s1. The van der Waals surface area contributed by atoms with Crippen LogP contribution in [0.3, 0.4) is 0 Å². The molecular formula is C23H22F3N5O4S. The molecule has 0 saturated carbocycles. The van der Waals surface area contributed by atoms with Gasteiger partial charge in [0.1, 0.15) is 17.7 Å². The van der Waals surface area contributed by atoms with Crippen LogP contribution in [0.15, 0.2) is 59.8 Å². The van der Waals surface area contributed by atoms with Gasteiger partial charge in [0, 0.05) is 38.1 Å². The highest BCUT2D eigenvalue weighted by Crippen LogP contribution is 2.39. The molecule has 1 atom stereocenters. The van der Waals surface area contributed by atoms with Crippen molar-refractivity contribution in [2.75, 3.05) is 29.3 Å². The van der Waals surface area contributed by atoms with E-state index in [0.717, 1.165) is 6.07 Å². The number of rotatable bonds is 6. The number of carboxylic acids is 1. The SMILES string of the molecule is Cc1ccccc1-c1cc(NS(=O)(=O)c2ccnc(N3CCNC[C@H]3C(=O)O)c2)ncc1C(F)(F)F. The number of nitrogens with zero attached hydrogens (tertiary/aromatic N) is 3. The smallest absolute Gasteiger partial charge is 0.418 e.